The molecule has 72 valence electrons. The van der Waals surface area contributed by atoms with Gasteiger partial charge in [0.1, 0.15) is 6.29 Å². The molecule has 2 aromatic rings. The Bertz CT molecular complexity index is 456. The van der Waals surface area contributed by atoms with E-state index in [1.807, 2.05) is 0 Å². The highest BCUT2D eigenvalue weighted by Crippen LogP contribution is 2.30. The molecule has 0 saturated carbocycles. The maximum atomic E-state index is 10.3. The molecule has 2 rings (SSSR count). The van der Waals surface area contributed by atoms with Gasteiger partial charge in [0.25, 0.3) is 0 Å². The van der Waals surface area contributed by atoms with Gasteiger partial charge in [0, 0.05) is 16.0 Å². The zero-order chi connectivity index (χ0) is 9.97. The summed E-state index contributed by atoms with van der Waals surface area (Å²) in [6, 6.07) is 8.40. The van der Waals surface area contributed by atoms with Crippen LogP contribution in [0.15, 0.2) is 24.3 Å². The first-order chi connectivity index (χ1) is 6.83. The molecule has 0 atom stereocenters. The van der Waals surface area contributed by atoms with Gasteiger partial charge in [-0.3, -0.25) is 0 Å². The number of aryl methyl sites for hydroxylation is 2. The second-order valence-electron chi connectivity index (χ2n) is 3.35. The fourth-order valence-corrected chi connectivity index (χ4v) is 2.88. The van der Waals surface area contributed by atoms with Gasteiger partial charge in [0.15, 0.2) is 0 Å². The van der Waals surface area contributed by atoms with Gasteiger partial charge in [-0.25, -0.2) is 0 Å². The Labute approximate surface area is 87.4 Å². The Morgan fingerprint density at radius 2 is 2.14 bits per heavy atom. The van der Waals surface area contributed by atoms with Crippen molar-refractivity contribution < 1.29 is 4.79 Å². The second-order valence-corrected chi connectivity index (χ2v) is 4.49. The van der Waals surface area contributed by atoms with Crippen LogP contribution in [0, 0.1) is 6.92 Å². The van der Waals surface area contributed by atoms with E-state index in [-0.39, 0.29) is 0 Å². The normalized spacial score (nSPS) is 10.6. The molecule has 1 heterocycles. The summed E-state index contributed by atoms with van der Waals surface area (Å²) in [6.45, 7) is 2.14. The molecular formula is C12H12OS. The maximum Gasteiger partial charge on any atom is 0.120 e. The molecule has 1 aromatic carbocycles. The van der Waals surface area contributed by atoms with Crippen molar-refractivity contribution in [2.45, 2.75) is 19.8 Å². The number of aldehydes is 1. The number of fused-ring (bicyclic) bond motifs is 1. The van der Waals surface area contributed by atoms with Crippen LogP contribution in [0.3, 0.4) is 0 Å². The summed E-state index contributed by atoms with van der Waals surface area (Å²) in [5, 5.41) is 1.33. The van der Waals surface area contributed by atoms with Crippen LogP contribution in [0.1, 0.15) is 16.9 Å². The van der Waals surface area contributed by atoms with Crippen LogP contribution in [0.25, 0.3) is 10.1 Å². The smallest absolute Gasteiger partial charge is 0.120 e. The summed E-state index contributed by atoms with van der Waals surface area (Å²) >= 11 is 1.80. The van der Waals surface area contributed by atoms with Crippen LogP contribution >= 0.6 is 11.3 Å². The third-order valence-electron chi connectivity index (χ3n) is 2.43. The quantitative estimate of drug-likeness (QED) is 0.701. The number of carbonyl (C=O) groups excluding carboxylic acids is 1. The summed E-state index contributed by atoms with van der Waals surface area (Å²) in [7, 11) is 0. The van der Waals surface area contributed by atoms with Gasteiger partial charge < -0.3 is 4.79 Å². The van der Waals surface area contributed by atoms with Crippen LogP contribution in [-0.2, 0) is 11.2 Å². The monoisotopic (exact) mass is 204 g/mol. The van der Waals surface area contributed by atoms with Crippen LogP contribution < -0.4 is 0 Å². The zero-order valence-corrected chi connectivity index (χ0v) is 8.93. The number of rotatable bonds is 3. The molecule has 14 heavy (non-hydrogen) atoms. The SMILES string of the molecule is Cc1c(CCC=O)sc2ccccc12. The largest absolute Gasteiger partial charge is 0.303 e. The van der Waals surface area contributed by atoms with Gasteiger partial charge in [-0.15, -0.1) is 11.3 Å². The van der Waals surface area contributed by atoms with E-state index in [1.54, 1.807) is 11.3 Å². The Hall–Kier alpha value is -1.15. The molecule has 0 saturated heterocycles. The number of thiophene rings is 1. The first-order valence-electron chi connectivity index (χ1n) is 4.73. The minimum absolute atomic E-state index is 0.633. The van der Waals surface area contributed by atoms with E-state index < -0.39 is 0 Å². The molecule has 0 aliphatic carbocycles. The minimum Gasteiger partial charge on any atom is -0.303 e. The molecule has 2 heteroatoms. The number of hydrogen-bond donors (Lipinski definition) is 0. The molecule has 1 nitrogen and oxygen atoms in total. The van der Waals surface area contributed by atoms with Crippen LogP contribution in [0.5, 0.6) is 0 Å². The number of carbonyl (C=O) groups is 1. The highest BCUT2D eigenvalue weighted by Gasteiger charge is 2.06. The fraction of sp³-hybridized carbons (Fsp3) is 0.250. The standard InChI is InChI=1S/C12H12OS/c1-9-10-5-2-3-6-12(10)14-11(9)7-4-8-13/h2-3,5-6,8H,4,7H2,1H3. The van der Waals surface area contributed by atoms with E-state index in [0.717, 1.165) is 12.7 Å². The van der Waals surface area contributed by atoms with Gasteiger partial charge in [0.2, 0.25) is 0 Å². The van der Waals surface area contributed by atoms with E-state index in [4.69, 9.17) is 0 Å². The predicted octanol–water partition coefficient (Wildman–Crippen LogP) is 3.34. The lowest BCUT2D eigenvalue weighted by atomic mass is 10.1. The zero-order valence-electron chi connectivity index (χ0n) is 8.12. The Kier molecular flexibility index (Phi) is 2.64. The van der Waals surface area contributed by atoms with E-state index in [9.17, 15) is 4.79 Å². The lowest BCUT2D eigenvalue weighted by Crippen LogP contribution is -1.83. The van der Waals surface area contributed by atoms with Crippen LogP contribution in [0.2, 0.25) is 0 Å². The Morgan fingerprint density at radius 1 is 1.36 bits per heavy atom. The number of benzene rings is 1. The van der Waals surface area contributed by atoms with E-state index in [2.05, 4.69) is 31.2 Å². The first-order valence-corrected chi connectivity index (χ1v) is 5.55. The average Bonchev–Trinajstić information content (AvgIpc) is 2.54. The molecule has 0 aliphatic rings. The Balaban J connectivity index is 2.46. The molecule has 0 spiro atoms. The van der Waals surface area contributed by atoms with Gasteiger partial charge in [0.05, 0.1) is 0 Å². The topological polar surface area (TPSA) is 17.1 Å². The lowest BCUT2D eigenvalue weighted by molar-refractivity contribution is -0.107. The summed E-state index contributed by atoms with van der Waals surface area (Å²) in [6.07, 6.45) is 2.51. The predicted molar refractivity (Wildman–Crippen MR) is 60.9 cm³/mol. The highest BCUT2D eigenvalue weighted by molar-refractivity contribution is 7.19. The van der Waals surface area contributed by atoms with E-state index in [1.165, 1.54) is 20.5 Å². The molecule has 0 N–H and O–H groups in total. The molecule has 0 aliphatic heterocycles. The molecule has 0 amide bonds. The average molecular weight is 204 g/mol. The van der Waals surface area contributed by atoms with Crippen molar-refractivity contribution in [2.24, 2.45) is 0 Å². The highest BCUT2D eigenvalue weighted by atomic mass is 32.1. The summed E-state index contributed by atoms with van der Waals surface area (Å²) in [5.74, 6) is 0. The minimum atomic E-state index is 0.633. The molecule has 0 bridgehead atoms. The number of hydrogen-bond acceptors (Lipinski definition) is 2. The van der Waals surface area contributed by atoms with Crippen molar-refractivity contribution in [3.8, 4) is 0 Å². The lowest BCUT2D eigenvalue weighted by Gasteiger charge is -1.93. The molecule has 0 radical (unpaired) electrons. The Morgan fingerprint density at radius 3 is 2.86 bits per heavy atom. The van der Waals surface area contributed by atoms with E-state index in [0.29, 0.717) is 6.42 Å². The van der Waals surface area contributed by atoms with Gasteiger partial charge in [-0.1, -0.05) is 18.2 Å². The van der Waals surface area contributed by atoms with Crippen LogP contribution in [0.4, 0.5) is 0 Å². The third kappa shape index (κ3) is 1.58. The van der Waals surface area contributed by atoms with Gasteiger partial charge in [-0.2, -0.15) is 0 Å². The second kappa shape index (κ2) is 3.93. The molecule has 0 fully saturated rings. The van der Waals surface area contributed by atoms with Crippen molar-refractivity contribution in [1.82, 2.24) is 0 Å². The van der Waals surface area contributed by atoms with E-state index >= 15 is 0 Å². The van der Waals surface area contributed by atoms with Crippen molar-refractivity contribution in [3.63, 3.8) is 0 Å². The third-order valence-corrected chi connectivity index (χ3v) is 3.76. The van der Waals surface area contributed by atoms with Crippen molar-refractivity contribution in [1.29, 1.82) is 0 Å². The van der Waals surface area contributed by atoms with Crippen molar-refractivity contribution in [2.75, 3.05) is 0 Å². The van der Waals surface area contributed by atoms with Gasteiger partial charge in [-0.05, 0) is 30.4 Å². The van der Waals surface area contributed by atoms with Crippen molar-refractivity contribution >= 4 is 27.7 Å². The van der Waals surface area contributed by atoms with Gasteiger partial charge >= 0.3 is 0 Å². The summed E-state index contributed by atoms with van der Waals surface area (Å²) in [5.41, 5.74) is 1.34. The van der Waals surface area contributed by atoms with Crippen molar-refractivity contribution in [3.05, 3.63) is 34.7 Å². The summed E-state index contributed by atoms with van der Waals surface area (Å²) in [4.78, 5) is 11.7. The molecular weight excluding hydrogens is 192 g/mol. The summed E-state index contributed by atoms with van der Waals surface area (Å²) < 4.78 is 1.32. The fourth-order valence-electron chi connectivity index (χ4n) is 1.65. The molecule has 1 aromatic heterocycles. The maximum absolute atomic E-state index is 10.3. The molecule has 0 unspecified atom stereocenters. The van der Waals surface area contributed by atoms with Crippen LogP contribution in [-0.4, -0.2) is 6.29 Å². The first kappa shape index (κ1) is 9.41.